The minimum atomic E-state index is 0.220. The number of nitriles is 7. The summed E-state index contributed by atoms with van der Waals surface area (Å²) in [6, 6.07) is 89.2. The van der Waals surface area contributed by atoms with Gasteiger partial charge in [-0.1, -0.05) is 127 Å². The monoisotopic (exact) mass is 1120 g/mol. The lowest BCUT2D eigenvalue weighted by molar-refractivity contribution is 1.07. The highest BCUT2D eigenvalue weighted by molar-refractivity contribution is 6.13. The molecule has 0 radical (unpaired) electrons. The molecule has 0 amide bonds. The standard InChI is InChI=1S/C76H38N12/c77-39-46-12-11-17-51(30-46)62-35-52(22-26-68(62)87-66-20-9-7-18-60(66)64-36-53(23-27-70(64)87)72-56(42-80)31-47(40-78)32-57(72)43-81)63-38-55(76-85-74(49-13-3-1-4-14-49)84-75(86-76)50-15-5-2-6-16-50)25-29-69(63)88-67-21-10-8-19-61(67)65-37-54(24-28-71(65)88)73-58(44-82)33-48(41-79)34-59(73)45-83/h1-38H. The lowest BCUT2D eigenvalue weighted by Gasteiger charge is -2.19. The lowest BCUT2D eigenvalue weighted by atomic mass is 9.92. The zero-order chi connectivity index (χ0) is 60.0. The van der Waals surface area contributed by atoms with E-state index in [1.165, 1.54) is 24.3 Å². The van der Waals surface area contributed by atoms with Crippen molar-refractivity contribution < 1.29 is 0 Å². The quantitative estimate of drug-likeness (QED) is 0.133. The van der Waals surface area contributed by atoms with Gasteiger partial charge in [0.15, 0.2) is 17.5 Å². The Bertz CT molecular complexity index is 5480. The molecule has 0 N–H and O–H groups in total. The third kappa shape index (κ3) is 8.85. The molecule has 14 aromatic rings. The summed E-state index contributed by atoms with van der Waals surface area (Å²) < 4.78 is 4.42. The van der Waals surface area contributed by atoms with Crippen LogP contribution in [0, 0.1) is 79.3 Å². The molecule has 402 valence electrons. The van der Waals surface area contributed by atoms with E-state index >= 15 is 0 Å². The summed E-state index contributed by atoms with van der Waals surface area (Å²) in [5.41, 5.74) is 14.6. The number of aromatic nitrogens is 5. The summed E-state index contributed by atoms with van der Waals surface area (Å²) in [4.78, 5) is 15.4. The highest BCUT2D eigenvalue weighted by Crippen LogP contribution is 2.45. The van der Waals surface area contributed by atoms with Crippen molar-refractivity contribution in [3.05, 3.63) is 269 Å². The zero-order valence-electron chi connectivity index (χ0n) is 46.3. The van der Waals surface area contributed by atoms with E-state index in [4.69, 9.17) is 15.0 Å². The van der Waals surface area contributed by atoms with E-state index in [1.807, 2.05) is 152 Å². The van der Waals surface area contributed by atoms with E-state index < -0.39 is 0 Å². The number of para-hydroxylation sites is 2. The van der Waals surface area contributed by atoms with Crippen LogP contribution in [0.4, 0.5) is 0 Å². The summed E-state index contributed by atoms with van der Waals surface area (Å²) in [6.45, 7) is 0. The van der Waals surface area contributed by atoms with Crippen LogP contribution in [-0.2, 0) is 0 Å². The summed E-state index contributed by atoms with van der Waals surface area (Å²) in [5, 5.41) is 75.1. The third-order valence-corrected chi connectivity index (χ3v) is 16.0. The molecule has 0 fully saturated rings. The Labute approximate surface area is 503 Å². The fraction of sp³-hybridized carbons (Fsp3) is 0. The van der Waals surface area contributed by atoms with Gasteiger partial charge in [0.25, 0.3) is 0 Å². The van der Waals surface area contributed by atoms with Crippen molar-refractivity contribution in [3.63, 3.8) is 0 Å². The number of rotatable bonds is 9. The first kappa shape index (κ1) is 52.5. The fourth-order valence-electron chi connectivity index (χ4n) is 12.1. The molecule has 12 nitrogen and oxygen atoms in total. The van der Waals surface area contributed by atoms with Crippen molar-refractivity contribution in [2.24, 2.45) is 0 Å². The molecule has 0 aliphatic rings. The normalized spacial score (nSPS) is 10.9. The maximum Gasteiger partial charge on any atom is 0.164 e. The Morgan fingerprint density at radius 1 is 0.250 bits per heavy atom. The van der Waals surface area contributed by atoms with Gasteiger partial charge in [-0.3, -0.25) is 0 Å². The Balaban J connectivity index is 1.04. The molecule has 0 atom stereocenters. The maximum absolute atomic E-state index is 10.4. The van der Waals surface area contributed by atoms with E-state index in [2.05, 4.69) is 100 Å². The Hall–Kier alpha value is -13.5. The van der Waals surface area contributed by atoms with Crippen molar-refractivity contribution in [2.75, 3.05) is 0 Å². The SMILES string of the molecule is N#Cc1cccc(-c2cc(-c3cc(-c4nc(-c5ccccc5)nc(-c5ccccc5)n4)ccc3-n3c4ccccc4c4cc(-c5c(C#N)cc(C#N)cc5C#N)ccc43)ccc2-n2c3ccccc3c3cc(-c4c(C#N)cc(C#N)cc4C#N)ccc32)c1. The van der Waals surface area contributed by atoms with Crippen LogP contribution < -0.4 is 0 Å². The fourth-order valence-corrected chi connectivity index (χ4v) is 12.1. The lowest BCUT2D eigenvalue weighted by Crippen LogP contribution is -2.02. The number of fused-ring (bicyclic) bond motifs is 6. The molecular weight excluding hydrogens is 1080 g/mol. The summed E-state index contributed by atoms with van der Waals surface area (Å²) >= 11 is 0. The van der Waals surface area contributed by atoms with Crippen LogP contribution >= 0.6 is 0 Å². The van der Waals surface area contributed by atoms with E-state index in [9.17, 15) is 36.8 Å². The molecule has 11 aromatic carbocycles. The van der Waals surface area contributed by atoms with Crippen molar-refractivity contribution in [1.29, 1.82) is 36.8 Å². The van der Waals surface area contributed by atoms with Crippen molar-refractivity contribution in [2.45, 2.75) is 0 Å². The first-order valence-corrected chi connectivity index (χ1v) is 27.8. The van der Waals surface area contributed by atoms with Gasteiger partial charge in [0.1, 0.15) is 0 Å². The Kier molecular flexibility index (Phi) is 12.9. The second kappa shape index (κ2) is 21.7. The van der Waals surface area contributed by atoms with Gasteiger partial charge in [0.2, 0.25) is 0 Å². The third-order valence-electron chi connectivity index (χ3n) is 16.0. The average Bonchev–Trinajstić information content (AvgIpc) is 1.67. The number of hydrogen-bond donors (Lipinski definition) is 0. The molecule has 3 heterocycles. The van der Waals surface area contributed by atoms with Gasteiger partial charge in [-0.05, 0) is 125 Å². The summed E-state index contributed by atoms with van der Waals surface area (Å²) in [5.74, 6) is 1.46. The van der Waals surface area contributed by atoms with Gasteiger partial charge >= 0.3 is 0 Å². The number of nitrogens with zero attached hydrogens (tertiary/aromatic N) is 12. The predicted molar refractivity (Wildman–Crippen MR) is 340 cm³/mol. The smallest absolute Gasteiger partial charge is 0.164 e. The van der Waals surface area contributed by atoms with Crippen LogP contribution in [0.5, 0.6) is 0 Å². The van der Waals surface area contributed by atoms with Crippen LogP contribution in [0.3, 0.4) is 0 Å². The molecule has 0 spiro atoms. The minimum absolute atomic E-state index is 0.220. The van der Waals surface area contributed by atoms with Crippen LogP contribution in [0.25, 0.3) is 134 Å². The van der Waals surface area contributed by atoms with Gasteiger partial charge in [-0.15, -0.1) is 0 Å². The molecule has 14 rings (SSSR count). The summed E-state index contributed by atoms with van der Waals surface area (Å²) in [6.07, 6.45) is 0. The molecule has 0 saturated heterocycles. The maximum atomic E-state index is 10.4. The summed E-state index contributed by atoms with van der Waals surface area (Å²) in [7, 11) is 0. The second-order valence-corrected chi connectivity index (χ2v) is 20.9. The number of benzene rings is 11. The molecule has 0 aliphatic carbocycles. The predicted octanol–water partition coefficient (Wildman–Crippen LogP) is 16.8. The highest BCUT2D eigenvalue weighted by Gasteiger charge is 2.24. The first-order valence-electron chi connectivity index (χ1n) is 27.8. The first-order chi connectivity index (χ1) is 43.3. The minimum Gasteiger partial charge on any atom is -0.309 e. The van der Waals surface area contributed by atoms with Crippen LogP contribution in [-0.4, -0.2) is 24.1 Å². The van der Waals surface area contributed by atoms with Gasteiger partial charge in [0.05, 0.1) is 115 Å². The van der Waals surface area contributed by atoms with Gasteiger partial charge < -0.3 is 9.13 Å². The molecule has 0 aliphatic heterocycles. The zero-order valence-corrected chi connectivity index (χ0v) is 46.3. The second-order valence-electron chi connectivity index (χ2n) is 20.9. The van der Waals surface area contributed by atoms with Gasteiger partial charge in [0, 0.05) is 60.5 Å². The van der Waals surface area contributed by atoms with E-state index in [0.717, 1.165) is 88.4 Å². The van der Waals surface area contributed by atoms with Crippen LogP contribution in [0.1, 0.15) is 38.9 Å². The number of hydrogen-bond acceptors (Lipinski definition) is 10. The van der Waals surface area contributed by atoms with Crippen LogP contribution in [0.2, 0.25) is 0 Å². The molecule has 88 heavy (non-hydrogen) atoms. The van der Waals surface area contributed by atoms with Crippen LogP contribution in [0.15, 0.2) is 231 Å². The molecule has 0 bridgehead atoms. The van der Waals surface area contributed by atoms with E-state index in [0.29, 0.717) is 50.9 Å². The Morgan fingerprint density at radius 3 is 1.06 bits per heavy atom. The van der Waals surface area contributed by atoms with Gasteiger partial charge in [-0.25, -0.2) is 15.0 Å². The largest absolute Gasteiger partial charge is 0.309 e. The van der Waals surface area contributed by atoms with E-state index in [-0.39, 0.29) is 33.4 Å². The van der Waals surface area contributed by atoms with Crippen molar-refractivity contribution >= 4 is 43.6 Å². The van der Waals surface area contributed by atoms with Crippen molar-refractivity contribution in [3.8, 4) is 133 Å². The topological polar surface area (TPSA) is 215 Å². The molecule has 0 unspecified atom stereocenters. The molecule has 0 saturated carbocycles. The average molecular weight is 1120 g/mol. The van der Waals surface area contributed by atoms with E-state index in [1.54, 1.807) is 6.07 Å². The molecular formula is C76H38N12. The highest BCUT2D eigenvalue weighted by atomic mass is 15.0. The van der Waals surface area contributed by atoms with Crippen molar-refractivity contribution in [1.82, 2.24) is 24.1 Å². The molecule has 3 aromatic heterocycles. The Morgan fingerprint density at radius 2 is 0.614 bits per heavy atom. The van der Waals surface area contributed by atoms with Gasteiger partial charge in [-0.2, -0.15) is 36.8 Å². The molecule has 12 heteroatoms.